The maximum Gasteiger partial charge on any atom is 0.337 e. The molecule has 7 heteroatoms. The van der Waals surface area contributed by atoms with Gasteiger partial charge in [0.25, 0.3) is 0 Å². The van der Waals surface area contributed by atoms with Gasteiger partial charge in [-0.25, -0.2) is 4.79 Å². The van der Waals surface area contributed by atoms with E-state index in [-0.39, 0.29) is 25.2 Å². The van der Waals surface area contributed by atoms with Gasteiger partial charge in [0.2, 0.25) is 6.79 Å². The van der Waals surface area contributed by atoms with Crippen LogP contribution in [0.2, 0.25) is 0 Å². The van der Waals surface area contributed by atoms with Crippen molar-refractivity contribution < 1.29 is 23.4 Å². The van der Waals surface area contributed by atoms with Crippen molar-refractivity contribution in [2.45, 2.75) is 13.1 Å². The molecular formula is C21H20ClNO5. The first-order valence-electron chi connectivity index (χ1n) is 8.59. The van der Waals surface area contributed by atoms with E-state index < -0.39 is 0 Å². The van der Waals surface area contributed by atoms with Gasteiger partial charge >= 0.3 is 5.97 Å². The zero-order valence-corrected chi connectivity index (χ0v) is 16.1. The zero-order valence-electron chi connectivity index (χ0n) is 15.3. The van der Waals surface area contributed by atoms with Crippen molar-refractivity contribution in [2.24, 2.45) is 0 Å². The molecule has 0 saturated heterocycles. The van der Waals surface area contributed by atoms with Crippen LogP contribution >= 0.6 is 12.4 Å². The molecule has 28 heavy (non-hydrogen) atoms. The fourth-order valence-electron chi connectivity index (χ4n) is 2.90. The van der Waals surface area contributed by atoms with Crippen LogP contribution in [0.5, 0.6) is 11.5 Å². The SMILES string of the molecule is COC(=O)c1ccc(-c2ccc(CNCc3ccc4c(c3)OCO4)o2)cc1.Cl. The molecule has 0 atom stereocenters. The number of benzene rings is 2. The Morgan fingerprint density at radius 2 is 1.79 bits per heavy atom. The Kier molecular flexibility index (Phi) is 6.23. The molecule has 0 fully saturated rings. The summed E-state index contributed by atoms with van der Waals surface area (Å²) < 4.78 is 21.3. The van der Waals surface area contributed by atoms with Gasteiger partial charge in [0.1, 0.15) is 11.5 Å². The Morgan fingerprint density at radius 1 is 1.00 bits per heavy atom. The third-order valence-electron chi connectivity index (χ3n) is 4.32. The highest BCUT2D eigenvalue weighted by molar-refractivity contribution is 5.89. The first kappa shape index (κ1) is 19.8. The van der Waals surface area contributed by atoms with Crippen LogP contribution < -0.4 is 14.8 Å². The fourth-order valence-corrected chi connectivity index (χ4v) is 2.90. The Labute approximate surface area is 168 Å². The van der Waals surface area contributed by atoms with Gasteiger partial charge in [-0.3, -0.25) is 0 Å². The zero-order chi connectivity index (χ0) is 18.6. The van der Waals surface area contributed by atoms with Crippen LogP contribution in [-0.2, 0) is 17.8 Å². The number of carbonyl (C=O) groups is 1. The molecular weight excluding hydrogens is 382 g/mol. The van der Waals surface area contributed by atoms with Gasteiger partial charge in [0.15, 0.2) is 11.5 Å². The number of carbonyl (C=O) groups excluding carboxylic acids is 1. The quantitative estimate of drug-likeness (QED) is 0.625. The van der Waals surface area contributed by atoms with E-state index >= 15 is 0 Å². The highest BCUT2D eigenvalue weighted by atomic mass is 35.5. The number of furan rings is 1. The predicted molar refractivity (Wildman–Crippen MR) is 106 cm³/mol. The number of esters is 1. The lowest BCUT2D eigenvalue weighted by Crippen LogP contribution is -2.11. The molecule has 3 aromatic rings. The number of nitrogens with one attached hydrogen (secondary N) is 1. The minimum absolute atomic E-state index is 0. The Morgan fingerprint density at radius 3 is 2.57 bits per heavy atom. The Hall–Kier alpha value is -2.96. The lowest BCUT2D eigenvalue weighted by atomic mass is 10.1. The van der Waals surface area contributed by atoms with Gasteiger partial charge in [0, 0.05) is 12.1 Å². The lowest BCUT2D eigenvalue weighted by molar-refractivity contribution is 0.0600. The van der Waals surface area contributed by atoms with Crippen LogP contribution in [0.3, 0.4) is 0 Å². The first-order chi connectivity index (χ1) is 13.2. The molecule has 146 valence electrons. The molecule has 0 bridgehead atoms. The summed E-state index contributed by atoms with van der Waals surface area (Å²) in [5, 5.41) is 3.35. The van der Waals surface area contributed by atoms with Gasteiger partial charge < -0.3 is 23.9 Å². The second-order valence-electron chi connectivity index (χ2n) is 6.13. The standard InChI is InChI=1S/C21H19NO5.ClH/c1-24-21(23)16-5-3-15(4-6-16)18-9-7-17(27-18)12-22-11-14-2-8-19-20(10-14)26-13-25-19;/h2-10,22H,11-13H2,1H3;1H. The number of rotatable bonds is 6. The molecule has 1 aliphatic rings. The summed E-state index contributed by atoms with van der Waals surface area (Å²) in [7, 11) is 1.37. The molecule has 2 aromatic carbocycles. The first-order valence-corrected chi connectivity index (χ1v) is 8.59. The molecule has 1 aromatic heterocycles. The smallest absolute Gasteiger partial charge is 0.337 e. The number of methoxy groups -OCH3 is 1. The van der Waals surface area contributed by atoms with E-state index in [1.165, 1.54) is 7.11 Å². The van der Waals surface area contributed by atoms with E-state index in [1.54, 1.807) is 12.1 Å². The number of hydrogen-bond donors (Lipinski definition) is 1. The molecule has 0 saturated carbocycles. The number of ether oxygens (including phenoxy) is 3. The van der Waals surface area contributed by atoms with Gasteiger partial charge in [-0.15, -0.1) is 12.4 Å². The van der Waals surface area contributed by atoms with Crippen LogP contribution in [0.25, 0.3) is 11.3 Å². The Bertz CT molecular complexity index is 952. The number of hydrogen-bond acceptors (Lipinski definition) is 6. The van der Waals surface area contributed by atoms with Crippen LogP contribution in [0.1, 0.15) is 21.7 Å². The fraction of sp³-hybridized carbons (Fsp3) is 0.190. The van der Waals surface area contributed by atoms with Gasteiger partial charge in [0.05, 0.1) is 19.2 Å². The van der Waals surface area contributed by atoms with Crippen molar-refractivity contribution in [1.82, 2.24) is 5.32 Å². The van der Waals surface area contributed by atoms with Crippen LogP contribution in [0.4, 0.5) is 0 Å². The highest BCUT2D eigenvalue weighted by Crippen LogP contribution is 2.32. The normalized spacial score (nSPS) is 11.8. The van der Waals surface area contributed by atoms with E-state index in [9.17, 15) is 4.79 Å². The summed E-state index contributed by atoms with van der Waals surface area (Å²) in [5.41, 5.74) is 2.53. The van der Waals surface area contributed by atoms with Crippen molar-refractivity contribution in [3.8, 4) is 22.8 Å². The number of fused-ring (bicyclic) bond motifs is 1. The van der Waals surface area contributed by atoms with Crippen molar-refractivity contribution in [2.75, 3.05) is 13.9 Å². The summed E-state index contributed by atoms with van der Waals surface area (Å²) >= 11 is 0. The molecule has 2 heterocycles. The Balaban J connectivity index is 0.00000225. The molecule has 0 amide bonds. The third kappa shape index (κ3) is 4.30. The van der Waals surface area contributed by atoms with Gasteiger partial charge in [-0.2, -0.15) is 0 Å². The molecule has 1 aliphatic heterocycles. The average Bonchev–Trinajstić information content (AvgIpc) is 3.36. The molecule has 0 spiro atoms. The maximum atomic E-state index is 11.5. The van der Waals surface area contributed by atoms with E-state index in [0.29, 0.717) is 18.7 Å². The van der Waals surface area contributed by atoms with Crippen molar-refractivity contribution >= 4 is 18.4 Å². The van der Waals surface area contributed by atoms with Crippen molar-refractivity contribution in [3.63, 3.8) is 0 Å². The lowest BCUT2D eigenvalue weighted by Gasteiger charge is -2.05. The van der Waals surface area contributed by atoms with E-state index in [1.807, 2.05) is 42.5 Å². The third-order valence-corrected chi connectivity index (χ3v) is 4.32. The molecule has 0 unspecified atom stereocenters. The summed E-state index contributed by atoms with van der Waals surface area (Å²) in [6, 6.07) is 16.9. The molecule has 0 aliphatic carbocycles. The second-order valence-corrected chi connectivity index (χ2v) is 6.13. The van der Waals surface area contributed by atoms with Crippen LogP contribution in [0, 0.1) is 0 Å². The predicted octanol–water partition coefficient (Wildman–Crippen LogP) is 4.17. The molecule has 0 radical (unpaired) electrons. The topological polar surface area (TPSA) is 69.9 Å². The average molecular weight is 402 g/mol. The largest absolute Gasteiger partial charge is 0.465 e. The van der Waals surface area contributed by atoms with Crippen molar-refractivity contribution in [1.29, 1.82) is 0 Å². The number of halogens is 1. The molecule has 4 rings (SSSR count). The van der Waals surface area contributed by atoms with Crippen molar-refractivity contribution in [3.05, 3.63) is 71.5 Å². The molecule has 1 N–H and O–H groups in total. The summed E-state index contributed by atoms with van der Waals surface area (Å²) in [5.74, 6) is 2.81. The monoisotopic (exact) mass is 401 g/mol. The minimum Gasteiger partial charge on any atom is -0.465 e. The van der Waals surface area contributed by atoms with E-state index in [4.69, 9.17) is 18.6 Å². The second kappa shape index (κ2) is 8.82. The summed E-state index contributed by atoms with van der Waals surface area (Å²) in [4.78, 5) is 11.5. The van der Waals surface area contributed by atoms with Crippen LogP contribution in [0.15, 0.2) is 59.0 Å². The maximum absolute atomic E-state index is 11.5. The van der Waals surface area contributed by atoms with Gasteiger partial charge in [-0.05, 0) is 42.0 Å². The summed E-state index contributed by atoms with van der Waals surface area (Å²) in [6.07, 6.45) is 0. The molecule has 6 nitrogen and oxygen atoms in total. The van der Waals surface area contributed by atoms with E-state index in [0.717, 1.165) is 34.1 Å². The minimum atomic E-state index is -0.352. The summed E-state index contributed by atoms with van der Waals surface area (Å²) in [6.45, 7) is 1.58. The van der Waals surface area contributed by atoms with Gasteiger partial charge in [-0.1, -0.05) is 18.2 Å². The highest BCUT2D eigenvalue weighted by Gasteiger charge is 2.13. The van der Waals surface area contributed by atoms with E-state index in [2.05, 4.69) is 5.32 Å². The van der Waals surface area contributed by atoms with Crippen LogP contribution in [-0.4, -0.2) is 19.9 Å².